The first kappa shape index (κ1) is 17.8. The van der Waals surface area contributed by atoms with Crippen LogP contribution in [0.5, 0.6) is 0 Å². The molecule has 0 aliphatic heterocycles. The average molecular weight is 377 g/mol. The third-order valence-corrected chi connectivity index (χ3v) is 4.71. The van der Waals surface area contributed by atoms with Crippen LogP contribution in [-0.2, 0) is 7.05 Å². The summed E-state index contributed by atoms with van der Waals surface area (Å²) in [5.41, 5.74) is 3.31. The van der Waals surface area contributed by atoms with Gasteiger partial charge in [-0.2, -0.15) is 5.10 Å². The van der Waals surface area contributed by atoms with Gasteiger partial charge in [0.15, 0.2) is 5.43 Å². The molecule has 2 N–H and O–H groups in total. The molecule has 1 atom stereocenters. The number of aromatic nitrogens is 2. The Morgan fingerprint density at radius 1 is 1.25 bits per heavy atom. The zero-order chi connectivity index (χ0) is 20.0. The zero-order valence-corrected chi connectivity index (χ0v) is 15.7. The molecule has 0 saturated heterocycles. The zero-order valence-electron chi connectivity index (χ0n) is 15.7. The van der Waals surface area contributed by atoms with Gasteiger partial charge in [-0.3, -0.25) is 9.48 Å². The number of hydrogen-bond acceptors (Lipinski definition) is 4. The molecule has 0 fully saturated rings. The molecule has 0 saturated carbocycles. The predicted molar refractivity (Wildman–Crippen MR) is 107 cm³/mol. The van der Waals surface area contributed by atoms with Gasteiger partial charge in [0.05, 0.1) is 16.9 Å². The van der Waals surface area contributed by atoms with Crippen LogP contribution in [0.4, 0.5) is 4.79 Å². The molecule has 0 radical (unpaired) electrons. The van der Waals surface area contributed by atoms with Gasteiger partial charge in [0.25, 0.3) is 0 Å². The van der Waals surface area contributed by atoms with Crippen molar-refractivity contribution in [1.29, 1.82) is 0 Å². The van der Waals surface area contributed by atoms with E-state index in [1.54, 1.807) is 17.7 Å². The lowest BCUT2D eigenvalue weighted by atomic mass is 10.0. The average Bonchev–Trinajstić information content (AvgIpc) is 3.00. The van der Waals surface area contributed by atoms with Crippen LogP contribution in [0, 0.1) is 6.92 Å². The Morgan fingerprint density at radius 3 is 2.79 bits per heavy atom. The Morgan fingerprint density at radius 2 is 2.04 bits per heavy atom. The van der Waals surface area contributed by atoms with Crippen LogP contribution in [0.25, 0.3) is 33.2 Å². The highest BCUT2D eigenvalue weighted by Gasteiger charge is 2.17. The number of fused-ring (bicyclic) bond motifs is 2. The highest BCUT2D eigenvalue weighted by Crippen LogP contribution is 2.30. The molecule has 7 heteroatoms. The monoisotopic (exact) mass is 377 g/mol. The summed E-state index contributed by atoms with van der Waals surface area (Å²) >= 11 is 0. The second kappa shape index (κ2) is 6.53. The molecule has 2 heterocycles. The second-order valence-electron chi connectivity index (χ2n) is 6.95. The van der Waals surface area contributed by atoms with Crippen molar-refractivity contribution >= 4 is 28.0 Å². The van der Waals surface area contributed by atoms with Crippen LogP contribution in [0.1, 0.15) is 24.1 Å². The molecule has 0 unspecified atom stereocenters. The number of carbonyl (C=O) groups is 1. The maximum atomic E-state index is 12.8. The van der Waals surface area contributed by atoms with Crippen molar-refractivity contribution in [2.45, 2.75) is 19.9 Å². The summed E-state index contributed by atoms with van der Waals surface area (Å²) in [5, 5.41) is 17.2. The number of aryl methyl sites for hydroxylation is 2. The van der Waals surface area contributed by atoms with E-state index in [1.165, 1.54) is 6.07 Å². The molecule has 7 nitrogen and oxygen atoms in total. The van der Waals surface area contributed by atoms with Gasteiger partial charge in [-0.25, -0.2) is 4.79 Å². The lowest BCUT2D eigenvalue weighted by Gasteiger charge is -2.15. The molecule has 0 spiro atoms. The Kier molecular flexibility index (Phi) is 4.15. The van der Waals surface area contributed by atoms with Gasteiger partial charge >= 0.3 is 6.09 Å². The third-order valence-electron chi connectivity index (χ3n) is 4.71. The second-order valence-corrected chi connectivity index (χ2v) is 6.95. The predicted octanol–water partition coefficient (Wildman–Crippen LogP) is 3.98. The summed E-state index contributed by atoms with van der Waals surface area (Å²) in [4.78, 5) is 23.9. The number of nitrogens with one attached hydrogen (secondary N) is 1. The molecule has 4 rings (SSSR count). The third kappa shape index (κ3) is 3.11. The number of carboxylic acid groups (broad SMARTS) is 1. The Labute approximate surface area is 160 Å². The number of amides is 1. The van der Waals surface area contributed by atoms with Gasteiger partial charge in [-0.05, 0) is 43.7 Å². The maximum Gasteiger partial charge on any atom is 0.405 e. The van der Waals surface area contributed by atoms with Gasteiger partial charge in [0.2, 0.25) is 0 Å². The van der Waals surface area contributed by atoms with E-state index in [-0.39, 0.29) is 5.43 Å². The minimum atomic E-state index is -1.14. The minimum absolute atomic E-state index is 0.171. The fourth-order valence-corrected chi connectivity index (χ4v) is 3.46. The van der Waals surface area contributed by atoms with Gasteiger partial charge in [0, 0.05) is 35.8 Å². The number of benzene rings is 2. The normalized spacial score (nSPS) is 12.4. The summed E-state index contributed by atoms with van der Waals surface area (Å²) in [6.45, 7) is 3.58. The SMILES string of the molecule is Cc1cc([C@@H](C)NC(=O)O)c2oc(-c3ccc4nn(C)cc4c3)cc(=O)c2c1. The van der Waals surface area contributed by atoms with E-state index >= 15 is 0 Å². The molecule has 28 heavy (non-hydrogen) atoms. The first-order chi connectivity index (χ1) is 13.3. The molecule has 0 bridgehead atoms. The summed E-state index contributed by atoms with van der Waals surface area (Å²) in [7, 11) is 1.85. The van der Waals surface area contributed by atoms with Crippen LogP contribution < -0.4 is 10.7 Å². The summed E-state index contributed by atoms with van der Waals surface area (Å²) in [5.74, 6) is 0.427. The van der Waals surface area contributed by atoms with Crippen LogP contribution in [0.2, 0.25) is 0 Å². The van der Waals surface area contributed by atoms with E-state index in [4.69, 9.17) is 9.52 Å². The molecule has 2 aromatic carbocycles. The molecule has 2 aromatic heterocycles. The molecule has 0 aliphatic carbocycles. The van der Waals surface area contributed by atoms with Crippen LogP contribution in [0.15, 0.2) is 51.8 Å². The van der Waals surface area contributed by atoms with E-state index < -0.39 is 12.1 Å². The van der Waals surface area contributed by atoms with Crippen molar-refractivity contribution in [2.24, 2.45) is 7.05 Å². The number of rotatable bonds is 3. The smallest absolute Gasteiger partial charge is 0.405 e. The van der Waals surface area contributed by atoms with E-state index in [9.17, 15) is 9.59 Å². The van der Waals surface area contributed by atoms with Gasteiger partial charge in [-0.1, -0.05) is 6.07 Å². The highest BCUT2D eigenvalue weighted by molar-refractivity contribution is 5.86. The fourth-order valence-electron chi connectivity index (χ4n) is 3.46. The van der Waals surface area contributed by atoms with Crippen molar-refractivity contribution < 1.29 is 14.3 Å². The molecule has 0 aliphatic rings. The van der Waals surface area contributed by atoms with Crippen LogP contribution in [-0.4, -0.2) is 21.0 Å². The van der Waals surface area contributed by atoms with Crippen molar-refractivity contribution in [3.63, 3.8) is 0 Å². The first-order valence-corrected chi connectivity index (χ1v) is 8.83. The Hall–Kier alpha value is -3.61. The molecule has 4 aromatic rings. The Bertz CT molecular complexity index is 1290. The van der Waals surface area contributed by atoms with E-state index in [0.717, 1.165) is 22.0 Å². The number of nitrogens with zero attached hydrogens (tertiary/aromatic N) is 2. The largest absolute Gasteiger partial charge is 0.465 e. The summed E-state index contributed by atoms with van der Waals surface area (Å²) < 4.78 is 7.84. The minimum Gasteiger partial charge on any atom is -0.465 e. The van der Waals surface area contributed by atoms with Gasteiger partial charge in [-0.15, -0.1) is 0 Å². The van der Waals surface area contributed by atoms with Crippen LogP contribution in [0.3, 0.4) is 0 Å². The topological polar surface area (TPSA) is 97.4 Å². The fraction of sp³-hybridized carbons (Fsp3) is 0.190. The van der Waals surface area contributed by atoms with Crippen molar-refractivity contribution in [1.82, 2.24) is 15.1 Å². The Balaban J connectivity index is 1.93. The molecule has 142 valence electrons. The van der Waals surface area contributed by atoms with E-state index in [2.05, 4.69) is 10.4 Å². The summed E-state index contributed by atoms with van der Waals surface area (Å²) in [6, 6.07) is 10.2. The van der Waals surface area contributed by atoms with Gasteiger partial charge in [0.1, 0.15) is 11.3 Å². The van der Waals surface area contributed by atoms with Crippen molar-refractivity contribution in [3.8, 4) is 11.3 Å². The van der Waals surface area contributed by atoms with E-state index in [1.807, 2.05) is 44.4 Å². The quantitative estimate of drug-likeness (QED) is 0.563. The lowest BCUT2D eigenvalue weighted by molar-refractivity contribution is 0.191. The van der Waals surface area contributed by atoms with E-state index in [0.29, 0.717) is 22.3 Å². The summed E-state index contributed by atoms with van der Waals surface area (Å²) in [6.07, 6.45) is 0.758. The first-order valence-electron chi connectivity index (χ1n) is 8.83. The molecular weight excluding hydrogens is 358 g/mol. The van der Waals surface area contributed by atoms with Gasteiger partial charge < -0.3 is 14.8 Å². The lowest BCUT2D eigenvalue weighted by Crippen LogP contribution is -2.25. The van der Waals surface area contributed by atoms with Crippen molar-refractivity contribution in [3.05, 3.63) is 63.9 Å². The highest BCUT2D eigenvalue weighted by atomic mass is 16.4. The molecule has 1 amide bonds. The van der Waals surface area contributed by atoms with Crippen LogP contribution >= 0.6 is 0 Å². The maximum absolute atomic E-state index is 12.8. The number of hydrogen-bond donors (Lipinski definition) is 2. The molecular formula is C21H19N3O4. The van der Waals surface area contributed by atoms with Crippen molar-refractivity contribution in [2.75, 3.05) is 0 Å². The standard InChI is InChI=1S/C21H19N3O4/c1-11-6-15(12(2)22-21(26)27)20-16(7-11)18(25)9-19(28-20)13-4-5-17-14(8-13)10-24(3)23-17/h4-10,12,22H,1-3H3,(H,26,27)/t12-/m1/s1.